The van der Waals surface area contributed by atoms with Crippen LogP contribution in [0.5, 0.6) is 0 Å². The number of hydrogen-bond acceptors (Lipinski definition) is 6. The van der Waals surface area contributed by atoms with Crippen LogP contribution in [-0.2, 0) is 10.3 Å². The number of fused-ring (bicyclic) bond motifs is 1. The van der Waals surface area contributed by atoms with E-state index < -0.39 is 11.0 Å². The Hall–Kier alpha value is -4.35. The van der Waals surface area contributed by atoms with Gasteiger partial charge in [-0.25, -0.2) is 4.98 Å². The third kappa shape index (κ3) is 2.96. The standard InChI is InChI=1S/C28H20N4O3S/c1-27(25(33)31-26-30-23(15-36-26)18-8-6-7-17(13-18)14-29)16-28(32(34)35)21-11-4-2-9-19(21)24(27)20-10-3-5-12-22(20)28/h2-13,15,24H,16H2,1H3,(H,30,31,33). The van der Waals surface area contributed by atoms with Gasteiger partial charge in [0.2, 0.25) is 5.91 Å². The van der Waals surface area contributed by atoms with Gasteiger partial charge in [0.15, 0.2) is 5.13 Å². The van der Waals surface area contributed by atoms with Gasteiger partial charge in [-0.3, -0.25) is 14.9 Å². The van der Waals surface area contributed by atoms with Gasteiger partial charge in [-0.2, -0.15) is 5.26 Å². The molecule has 0 saturated carbocycles. The molecule has 1 N–H and O–H groups in total. The van der Waals surface area contributed by atoms with Gasteiger partial charge in [0.05, 0.1) is 22.7 Å². The molecular weight excluding hydrogens is 472 g/mol. The Bertz CT molecular complexity index is 1560. The number of nitriles is 1. The van der Waals surface area contributed by atoms with E-state index in [0.29, 0.717) is 27.5 Å². The fraction of sp³-hybridized carbons (Fsp3) is 0.179. The molecule has 0 saturated heterocycles. The van der Waals surface area contributed by atoms with Gasteiger partial charge in [0.25, 0.3) is 5.54 Å². The largest absolute Gasteiger partial charge is 0.301 e. The van der Waals surface area contributed by atoms with Gasteiger partial charge < -0.3 is 5.32 Å². The summed E-state index contributed by atoms with van der Waals surface area (Å²) in [5.74, 6) is -0.618. The zero-order valence-corrected chi connectivity index (χ0v) is 20.1. The van der Waals surface area contributed by atoms with E-state index in [0.717, 1.165) is 16.7 Å². The Labute approximate surface area is 211 Å². The predicted molar refractivity (Wildman–Crippen MR) is 136 cm³/mol. The second-order valence-electron chi connectivity index (χ2n) is 9.50. The smallest absolute Gasteiger partial charge is 0.273 e. The molecule has 0 radical (unpaired) electrons. The minimum Gasteiger partial charge on any atom is -0.301 e. The zero-order valence-electron chi connectivity index (χ0n) is 19.3. The van der Waals surface area contributed by atoms with Crippen molar-refractivity contribution in [1.29, 1.82) is 5.26 Å². The molecule has 8 heteroatoms. The first kappa shape index (κ1) is 22.1. The molecule has 1 heterocycles. The van der Waals surface area contributed by atoms with Crippen LogP contribution in [0.4, 0.5) is 5.13 Å². The summed E-state index contributed by atoms with van der Waals surface area (Å²) >= 11 is 1.29. The van der Waals surface area contributed by atoms with Crippen LogP contribution in [0.2, 0.25) is 0 Å². The normalized spacial score (nSPS) is 23.3. The number of amides is 1. The zero-order chi connectivity index (χ0) is 25.1. The maximum Gasteiger partial charge on any atom is 0.273 e. The summed E-state index contributed by atoms with van der Waals surface area (Å²) in [6.45, 7) is 1.82. The molecule has 36 heavy (non-hydrogen) atoms. The number of aromatic nitrogens is 1. The van der Waals surface area contributed by atoms with Gasteiger partial charge in [-0.1, -0.05) is 60.7 Å². The molecule has 7 nitrogen and oxygen atoms in total. The third-order valence-corrected chi connectivity index (χ3v) is 8.30. The predicted octanol–water partition coefficient (Wildman–Crippen LogP) is 5.70. The molecule has 1 amide bonds. The van der Waals surface area contributed by atoms with Gasteiger partial charge in [-0.15, -0.1) is 11.3 Å². The molecule has 3 aliphatic rings. The lowest BCUT2D eigenvalue weighted by Gasteiger charge is -2.52. The maximum atomic E-state index is 13.9. The molecule has 3 aliphatic carbocycles. The lowest BCUT2D eigenvalue weighted by molar-refractivity contribution is -0.573. The number of anilines is 1. The first-order valence-corrected chi connectivity index (χ1v) is 12.4. The molecule has 2 bridgehead atoms. The molecule has 1 atom stereocenters. The van der Waals surface area contributed by atoms with Crippen molar-refractivity contribution in [3.05, 3.63) is 116 Å². The highest BCUT2D eigenvalue weighted by molar-refractivity contribution is 7.14. The van der Waals surface area contributed by atoms with Crippen LogP contribution in [-0.4, -0.2) is 15.8 Å². The van der Waals surface area contributed by atoms with Crippen molar-refractivity contribution >= 4 is 22.4 Å². The van der Waals surface area contributed by atoms with Crippen LogP contribution in [0.3, 0.4) is 0 Å². The Kier molecular flexibility index (Phi) is 4.82. The highest BCUT2D eigenvalue weighted by atomic mass is 32.1. The lowest BCUT2D eigenvalue weighted by atomic mass is 9.49. The van der Waals surface area contributed by atoms with E-state index in [-0.39, 0.29) is 23.2 Å². The van der Waals surface area contributed by atoms with E-state index in [9.17, 15) is 20.2 Å². The average molecular weight is 493 g/mol. The minimum atomic E-state index is -1.50. The van der Waals surface area contributed by atoms with Gasteiger partial charge >= 0.3 is 0 Å². The van der Waals surface area contributed by atoms with Crippen LogP contribution < -0.4 is 5.32 Å². The molecule has 3 aromatic carbocycles. The summed E-state index contributed by atoms with van der Waals surface area (Å²) in [7, 11) is 0. The molecule has 0 spiro atoms. The van der Waals surface area contributed by atoms with Gasteiger partial charge in [0, 0.05) is 39.3 Å². The van der Waals surface area contributed by atoms with Gasteiger partial charge in [0.1, 0.15) is 0 Å². The monoisotopic (exact) mass is 492 g/mol. The number of nitrogens with zero attached hydrogens (tertiary/aromatic N) is 3. The van der Waals surface area contributed by atoms with Crippen LogP contribution >= 0.6 is 11.3 Å². The molecule has 0 aliphatic heterocycles. The van der Waals surface area contributed by atoms with Crippen molar-refractivity contribution in [1.82, 2.24) is 4.98 Å². The summed E-state index contributed by atoms with van der Waals surface area (Å²) in [4.78, 5) is 31.0. The third-order valence-electron chi connectivity index (χ3n) is 7.54. The highest BCUT2D eigenvalue weighted by Gasteiger charge is 2.67. The van der Waals surface area contributed by atoms with E-state index in [1.165, 1.54) is 11.3 Å². The molecule has 7 rings (SSSR count). The van der Waals surface area contributed by atoms with Crippen LogP contribution in [0.15, 0.2) is 78.2 Å². The molecule has 1 unspecified atom stereocenters. The summed E-state index contributed by atoms with van der Waals surface area (Å²) in [5.41, 5.74) is 2.37. The Balaban J connectivity index is 1.41. The quantitative estimate of drug-likeness (QED) is 0.290. The number of carbonyl (C=O) groups excluding carboxylic acids is 1. The van der Waals surface area contributed by atoms with Gasteiger partial charge in [-0.05, 0) is 30.2 Å². The highest BCUT2D eigenvalue weighted by Crippen LogP contribution is 2.64. The number of thiazole rings is 1. The first-order valence-electron chi connectivity index (χ1n) is 11.5. The number of rotatable bonds is 4. The van der Waals surface area contributed by atoms with Crippen molar-refractivity contribution in [2.24, 2.45) is 5.41 Å². The first-order chi connectivity index (χ1) is 17.4. The molecule has 4 aromatic rings. The number of nitro groups is 1. The number of benzene rings is 3. The molecular formula is C28H20N4O3S. The Morgan fingerprint density at radius 3 is 2.42 bits per heavy atom. The summed E-state index contributed by atoms with van der Waals surface area (Å²) < 4.78 is 0. The Morgan fingerprint density at radius 2 is 1.78 bits per heavy atom. The fourth-order valence-electron chi connectivity index (χ4n) is 6.00. The molecule has 176 valence electrons. The SMILES string of the molecule is CC1(C(=O)Nc2nc(-c3cccc(C#N)c3)cs2)CC2([N+](=O)[O-])c3ccccc3C1c1ccccc12. The van der Waals surface area contributed by atoms with E-state index in [4.69, 9.17) is 0 Å². The summed E-state index contributed by atoms with van der Waals surface area (Å²) in [6.07, 6.45) is 0.0555. The van der Waals surface area contributed by atoms with Crippen molar-refractivity contribution in [2.45, 2.75) is 24.8 Å². The van der Waals surface area contributed by atoms with Crippen LogP contribution in [0.25, 0.3) is 11.3 Å². The van der Waals surface area contributed by atoms with Crippen molar-refractivity contribution in [3.8, 4) is 17.3 Å². The minimum absolute atomic E-state index is 0.0555. The van der Waals surface area contributed by atoms with Crippen LogP contribution in [0.1, 0.15) is 47.1 Å². The molecule has 1 aromatic heterocycles. The average Bonchev–Trinajstić information content (AvgIpc) is 3.37. The Morgan fingerprint density at radius 1 is 1.11 bits per heavy atom. The number of hydrogen-bond donors (Lipinski definition) is 1. The van der Waals surface area contributed by atoms with E-state index in [1.807, 2.05) is 66.9 Å². The van der Waals surface area contributed by atoms with Crippen molar-refractivity contribution < 1.29 is 9.72 Å². The number of carbonyl (C=O) groups is 1. The van der Waals surface area contributed by atoms with Crippen LogP contribution in [0, 0.1) is 26.9 Å². The second kappa shape index (κ2) is 7.83. The maximum absolute atomic E-state index is 13.9. The van der Waals surface area contributed by atoms with E-state index in [2.05, 4.69) is 16.4 Å². The van der Waals surface area contributed by atoms with Crippen molar-refractivity contribution in [3.63, 3.8) is 0 Å². The number of nitrogens with one attached hydrogen (secondary N) is 1. The lowest BCUT2D eigenvalue weighted by Crippen LogP contribution is -2.57. The fourth-order valence-corrected chi connectivity index (χ4v) is 6.71. The van der Waals surface area contributed by atoms with Crippen molar-refractivity contribution in [2.75, 3.05) is 5.32 Å². The second-order valence-corrected chi connectivity index (χ2v) is 10.4. The van der Waals surface area contributed by atoms with E-state index in [1.54, 1.807) is 18.2 Å². The summed E-state index contributed by atoms with van der Waals surface area (Å²) in [5, 5.41) is 27.2. The summed E-state index contributed by atoms with van der Waals surface area (Å²) in [6, 6.07) is 24.1. The molecule has 0 fully saturated rings. The van der Waals surface area contributed by atoms with E-state index >= 15 is 0 Å². The topological polar surface area (TPSA) is 109 Å².